The maximum Gasteiger partial charge on any atom is 0.306 e. The third-order valence-electron chi connectivity index (χ3n) is 10.2. The largest absolute Gasteiger partial charge is 0.488 e. The van der Waals surface area contributed by atoms with Gasteiger partial charge in [-0.2, -0.15) is 5.26 Å². The molecule has 0 amide bonds. The number of fused-ring (bicyclic) bond motifs is 1. The number of nitrogens with one attached hydrogen (secondary N) is 2. The highest BCUT2D eigenvalue weighted by Gasteiger charge is 2.17. The van der Waals surface area contributed by atoms with Crippen LogP contribution in [-0.2, 0) is 35.9 Å². The number of rotatable bonds is 20. The van der Waals surface area contributed by atoms with Gasteiger partial charge in [-0.3, -0.25) is 19.6 Å². The maximum atomic E-state index is 11.0. The molecule has 62 heavy (non-hydrogen) atoms. The van der Waals surface area contributed by atoms with Gasteiger partial charge in [0.05, 0.1) is 46.2 Å². The van der Waals surface area contributed by atoms with Crippen molar-refractivity contribution in [3.8, 4) is 39.8 Å². The highest BCUT2D eigenvalue weighted by molar-refractivity contribution is 6.35. The first-order valence-corrected chi connectivity index (χ1v) is 20.4. The van der Waals surface area contributed by atoms with Crippen LogP contribution in [0.5, 0.6) is 11.5 Å². The highest BCUT2D eigenvalue weighted by Crippen LogP contribution is 2.38. The number of aliphatic hydroxyl groups is 2. The van der Waals surface area contributed by atoms with Crippen LogP contribution in [0.25, 0.3) is 33.2 Å². The number of aromatic nitrogens is 2. The van der Waals surface area contributed by atoms with E-state index in [-0.39, 0.29) is 39.3 Å². The van der Waals surface area contributed by atoms with Crippen molar-refractivity contribution in [2.24, 2.45) is 0 Å². The van der Waals surface area contributed by atoms with Crippen molar-refractivity contribution >= 4 is 46.0 Å². The molecule has 2 atom stereocenters. The number of nitriles is 1. The van der Waals surface area contributed by atoms with Gasteiger partial charge in [0.15, 0.2) is 0 Å². The van der Waals surface area contributed by atoms with Crippen LogP contribution in [-0.4, -0.2) is 67.6 Å². The Morgan fingerprint density at radius 3 is 2.10 bits per heavy atom. The van der Waals surface area contributed by atoms with Crippen LogP contribution in [0.3, 0.4) is 0 Å². The number of ether oxygens (including phenoxy) is 2. The normalized spacial score (nSPS) is 12.1. The van der Waals surface area contributed by atoms with Crippen LogP contribution in [0.15, 0.2) is 91.4 Å². The summed E-state index contributed by atoms with van der Waals surface area (Å²) in [7, 11) is 0. The average Bonchev–Trinajstić information content (AvgIpc) is 3.23. The third-order valence-corrected chi connectivity index (χ3v) is 10.8. The number of benzene rings is 4. The van der Waals surface area contributed by atoms with Gasteiger partial charge in [-0.1, -0.05) is 59.6 Å². The van der Waals surface area contributed by atoms with Gasteiger partial charge in [-0.25, -0.2) is 0 Å². The minimum Gasteiger partial charge on any atom is -0.488 e. The Kier molecular flexibility index (Phi) is 15.5. The Bertz CT molecular complexity index is 2640. The van der Waals surface area contributed by atoms with Gasteiger partial charge in [0.25, 0.3) is 0 Å². The molecule has 320 valence electrons. The number of carboxylic acid groups (broad SMARTS) is 2. The topological polar surface area (TPSA) is 207 Å². The van der Waals surface area contributed by atoms with Crippen molar-refractivity contribution in [3.05, 3.63) is 140 Å². The van der Waals surface area contributed by atoms with Gasteiger partial charge in [0.1, 0.15) is 30.8 Å². The van der Waals surface area contributed by atoms with E-state index in [0.717, 1.165) is 49.9 Å². The Labute approximate surface area is 368 Å². The SMILES string of the molecule is Cc1c(COc2cc(OCc3cncc(C#N)c3)c(CNC[C@@H](O)CC(=O)O)cc2Cl)cccc1-c1cccc(-c2cnc3c(Cl)cc(CNC[C@@H](O)CC(=O)O)cc3c2)c1C. The monoisotopic (exact) mass is 877 g/mol. The summed E-state index contributed by atoms with van der Waals surface area (Å²) in [6.07, 6.45) is 2.05. The van der Waals surface area contributed by atoms with Crippen LogP contribution >= 0.6 is 23.2 Å². The van der Waals surface area contributed by atoms with E-state index in [4.69, 9.17) is 47.9 Å². The molecule has 2 aromatic heterocycles. The van der Waals surface area contributed by atoms with Crippen LogP contribution in [0.4, 0.5) is 0 Å². The van der Waals surface area contributed by atoms with Gasteiger partial charge < -0.3 is 40.5 Å². The number of nitrogens with zero attached hydrogens (tertiary/aromatic N) is 3. The second-order valence-corrected chi connectivity index (χ2v) is 15.7. The molecule has 0 aliphatic carbocycles. The van der Waals surface area contributed by atoms with Gasteiger partial charge in [-0.15, -0.1) is 0 Å². The van der Waals surface area contributed by atoms with Crippen LogP contribution < -0.4 is 20.1 Å². The molecular formula is C47H45Cl2N5O8. The summed E-state index contributed by atoms with van der Waals surface area (Å²) in [5.41, 5.74) is 10.2. The highest BCUT2D eigenvalue weighted by atomic mass is 35.5. The van der Waals surface area contributed by atoms with Gasteiger partial charge in [-0.05, 0) is 83.1 Å². The molecule has 6 rings (SSSR count). The number of hydrogen-bond donors (Lipinski definition) is 6. The molecule has 0 aliphatic rings. The standard InChI is InChI=1S/C47H45Cl2N5O8/c1-27-32(26-62-44-16-43(61-25-31-9-30(17-50)19-51-20-31)35(13-41(44)48)21-53-24-37(56)15-46(59)60)5-3-7-39(27)40-8-4-6-38(28(40)2)34-12-33-10-29(11-42(49)47(33)54-22-34)18-52-23-36(55)14-45(57)58/h3-13,16,19-20,22,36-37,52-53,55-56H,14-15,18,21,23-26H2,1-2H3,(H,57,58)(H,59,60)/t36-,37-/m0/s1. The van der Waals surface area contributed by atoms with Crippen molar-refractivity contribution in [3.63, 3.8) is 0 Å². The zero-order valence-electron chi connectivity index (χ0n) is 34.0. The fraction of sp³-hybridized carbons (Fsp3) is 0.255. The Morgan fingerprint density at radius 2 is 1.39 bits per heavy atom. The summed E-state index contributed by atoms with van der Waals surface area (Å²) in [6, 6.07) is 25.2. The van der Waals surface area contributed by atoms with Crippen molar-refractivity contribution in [2.75, 3.05) is 13.1 Å². The number of halogens is 2. The van der Waals surface area contributed by atoms with Crippen LogP contribution in [0.2, 0.25) is 10.0 Å². The minimum atomic E-state index is -1.10. The number of carbonyl (C=O) groups is 2. The molecule has 6 N–H and O–H groups in total. The number of pyridine rings is 2. The fourth-order valence-corrected chi connectivity index (χ4v) is 7.63. The predicted octanol–water partition coefficient (Wildman–Crippen LogP) is 7.77. The molecule has 0 spiro atoms. The molecule has 0 radical (unpaired) electrons. The molecule has 6 aromatic rings. The lowest BCUT2D eigenvalue weighted by atomic mass is 9.89. The minimum absolute atomic E-state index is 0.0352. The van der Waals surface area contributed by atoms with Crippen molar-refractivity contribution in [1.29, 1.82) is 5.26 Å². The van der Waals surface area contributed by atoms with Crippen molar-refractivity contribution in [1.82, 2.24) is 20.6 Å². The lowest BCUT2D eigenvalue weighted by Gasteiger charge is -2.18. The average molecular weight is 879 g/mol. The van der Waals surface area contributed by atoms with Crippen LogP contribution in [0, 0.1) is 25.2 Å². The van der Waals surface area contributed by atoms with E-state index < -0.39 is 30.6 Å². The molecular weight excluding hydrogens is 833 g/mol. The molecule has 0 saturated carbocycles. The Hall–Kier alpha value is -6.11. The zero-order valence-corrected chi connectivity index (χ0v) is 35.5. The summed E-state index contributed by atoms with van der Waals surface area (Å²) in [5, 5.41) is 55.1. The van der Waals surface area contributed by atoms with Gasteiger partial charge in [0, 0.05) is 72.9 Å². The van der Waals surface area contributed by atoms with E-state index in [0.29, 0.717) is 50.3 Å². The molecule has 15 heteroatoms. The first-order valence-electron chi connectivity index (χ1n) is 19.7. The molecule has 2 heterocycles. The lowest BCUT2D eigenvalue weighted by Crippen LogP contribution is -2.28. The number of aliphatic carboxylic acids is 2. The van der Waals surface area contributed by atoms with E-state index in [1.165, 1.54) is 6.20 Å². The van der Waals surface area contributed by atoms with E-state index >= 15 is 0 Å². The fourth-order valence-electron chi connectivity index (χ4n) is 7.09. The van der Waals surface area contributed by atoms with Gasteiger partial charge in [0.2, 0.25) is 0 Å². The molecule has 0 fully saturated rings. The zero-order chi connectivity index (χ0) is 44.3. The second kappa shape index (κ2) is 21.1. The van der Waals surface area contributed by atoms with Crippen molar-refractivity contribution < 1.29 is 39.5 Å². The quantitative estimate of drug-likeness (QED) is 0.0434. The lowest BCUT2D eigenvalue weighted by molar-refractivity contribution is -0.140. The first-order chi connectivity index (χ1) is 29.8. The summed E-state index contributed by atoms with van der Waals surface area (Å²) in [5.74, 6) is -1.35. The summed E-state index contributed by atoms with van der Waals surface area (Å²) >= 11 is 13.4. The smallest absolute Gasteiger partial charge is 0.306 e. The van der Waals surface area contributed by atoms with Gasteiger partial charge >= 0.3 is 11.9 Å². The molecule has 0 aliphatic heterocycles. The van der Waals surface area contributed by atoms with Crippen molar-refractivity contribution in [2.45, 2.75) is 65.2 Å². The number of aliphatic hydroxyl groups excluding tert-OH is 2. The summed E-state index contributed by atoms with van der Waals surface area (Å²) in [4.78, 5) is 30.8. The first kappa shape index (κ1) is 45.4. The van der Waals surface area contributed by atoms with E-state index in [1.54, 1.807) is 24.4 Å². The van der Waals surface area contributed by atoms with E-state index in [2.05, 4.69) is 46.8 Å². The third kappa shape index (κ3) is 11.8. The summed E-state index contributed by atoms with van der Waals surface area (Å²) in [6.45, 7) is 5.17. The predicted molar refractivity (Wildman–Crippen MR) is 236 cm³/mol. The number of hydrogen-bond acceptors (Lipinski definition) is 11. The summed E-state index contributed by atoms with van der Waals surface area (Å²) < 4.78 is 12.5. The molecule has 0 unspecified atom stereocenters. The Morgan fingerprint density at radius 1 is 0.726 bits per heavy atom. The van der Waals surface area contributed by atoms with Crippen LogP contribution in [0.1, 0.15) is 51.8 Å². The van der Waals surface area contributed by atoms with E-state index in [1.807, 2.05) is 49.5 Å². The molecule has 0 saturated heterocycles. The second-order valence-electron chi connectivity index (χ2n) is 14.9. The molecule has 13 nitrogen and oxygen atoms in total. The Balaban J connectivity index is 1.21. The molecule has 0 bridgehead atoms. The van der Waals surface area contributed by atoms with E-state index in [9.17, 15) is 25.1 Å². The number of carboxylic acids is 2. The maximum absolute atomic E-state index is 11.0. The molecule has 4 aromatic carbocycles.